The monoisotopic (exact) mass is 258 g/mol. The second-order valence-corrected chi connectivity index (χ2v) is 4.88. The van der Waals surface area contributed by atoms with Gasteiger partial charge in [-0.15, -0.1) is 0 Å². The van der Waals surface area contributed by atoms with E-state index in [-0.39, 0.29) is 12.3 Å². The number of carboxylic acid groups (broad SMARTS) is 1. The number of nitrogens with one attached hydrogen (secondary N) is 1. The molecule has 1 amide bonds. The van der Waals surface area contributed by atoms with Gasteiger partial charge in [0.1, 0.15) is 0 Å². The lowest BCUT2D eigenvalue weighted by atomic mass is 10.2. The largest absolute Gasteiger partial charge is 0.481 e. The number of amides is 1. The van der Waals surface area contributed by atoms with Crippen molar-refractivity contribution in [2.24, 2.45) is 0 Å². The van der Waals surface area contributed by atoms with E-state index >= 15 is 0 Å². The van der Waals surface area contributed by atoms with Crippen LogP contribution in [0.2, 0.25) is 0 Å². The van der Waals surface area contributed by atoms with Crippen molar-refractivity contribution in [1.82, 2.24) is 10.2 Å². The molecule has 0 aromatic heterocycles. The molecule has 0 aromatic rings. The van der Waals surface area contributed by atoms with Crippen LogP contribution < -0.4 is 5.32 Å². The van der Waals surface area contributed by atoms with Gasteiger partial charge in [-0.2, -0.15) is 0 Å². The van der Waals surface area contributed by atoms with Gasteiger partial charge in [0.25, 0.3) is 0 Å². The van der Waals surface area contributed by atoms with Crippen molar-refractivity contribution in [3.8, 4) is 0 Å². The molecule has 0 heterocycles. The Morgan fingerprint density at radius 2 is 1.83 bits per heavy atom. The molecule has 0 saturated heterocycles. The minimum Gasteiger partial charge on any atom is -0.481 e. The van der Waals surface area contributed by atoms with Crippen molar-refractivity contribution in [2.75, 3.05) is 20.1 Å². The highest BCUT2D eigenvalue weighted by atomic mass is 16.4. The topological polar surface area (TPSA) is 69.6 Å². The third-order valence-electron chi connectivity index (χ3n) is 2.94. The average molecular weight is 258 g/mol. The first-order valence-corrected chi connectivity index (χ1v) is 6.62. The predicted octanol–water partition coefficient (Wildman–Crippen LogP) is 1.48. The lowest BCUT2D eigenvalue weighted by molar-refractivity contribution is -0.137. The van der Waals surface area contributed by atoms with Gasteiger partial charge in [0.05, 0.1) is 0 Å². The first-order chi connectivity index (χ1) is 8.43. The van der Waals surface area contributed by atoms with Crippen LogP contribution >= 0.6 is 0 Å². The fourth-order valence-electron chi connectivity index (χ4n) is 1.46. The minimum absolute atomic E-state index is 0.0477. The summed E-state index contributed by atoms with van der Waals surface area (Å²) in [4.78, 5) is 23.9. The van der Waals surface area contributed by atoms with Gasteiger partial charge in [-0.1, -0.05) is 0 Å². The molecule has 0 aliphatic heterocycles. The number of hydrogen-bond donors (Lipinski definition) is 2. The minimum atomic E-state index is -0.848. The van der Waals surface area contributed by atoms with E-state index in [9.17, 15) is 9.59 Å². The Labute approximate surface area is 110 Å². The van der Waals surface area contributed by atoms with E-state index in [2.05, 4.69) is 31.1 Å². The van der Waals surface area contributed by atoms with E-state index < -0.39 is 5.97 Å². The van der Waals surface area contributed by atoms with Crippen molar-refractivity contribution < 1.29 is 14.7 Å². The SMILES string of the molecule is CC(C)N(C)CCCCNC(=O)CCCC(=O)O. The molecular formula is C13H26N2O3. The number of carbonyl (C=O) groups is 2. The Kier molecular flexibility index (Phi) is 9.28. The maximum Gasteiger partial charge on any atom is 0.303 e. The molecule has 0 aliphatic carbocycles. The lowest BCUT2D eigenvalue weighted by Gasteiger charge is -2.20. The van der Waals surface area contributed by atoms with Gasteiger partial charge in [-0.05, 0) is 46.7 Å². The molecule has 0 bridgehead atoms. The summed E-state index contributed by atoms with van der Waals surface area (Å²) < 4.78 is 0. The molecule has 106 valence electrons. The van der Waals surface area contributed by atoms with E-state index in [1.165, 1.54) is 0 Å². The van der Waals surface area contributed by atoms with Crippen molar-refractivity contribution in [2.45, 2.75) is 52.0 Å². The summed E-state index contributed by atoms with van der Waals surface area (Å²) >= 11 is 0. The van der Waals surface area contributed by atoms with Crippen LogP contribution in [0.1, 0.15) is 46.0 Å². The Bertz CT molecular complexity index is 255. The lowest BCUT2D eigenvalue weighted by Crippen LogP contribution is -2.29. The Morgan fingerprint density at radius 1 is 1.17 bits per heavy atom. The van der Waals surface area contributed by atoms with E-state index in [1.54, 1.807) is 0 Å². The van der Waals surface area contributed by atoms with Crippen LogP contribution in [0.3, 0.4) is 0 Å². The quantitative estimate of drug-likeness (QED) is 0.582. The molecule has 5 nitrogen and oxygen atoms in total. The summed E-state index contributed by atoms with van der Waals surface area (Å²) in [5.74, 6) is -0.895. The summed E-state index contributed by atoms with van der Waals surface area (Å²) in [6.45, 7) is 6.03. The van der Waals surface area contributed by atoms with E-state index in [0.29, 0.717) is 25.4 Å². The molecule has 0 unspecified atom stereocenters. The number of unbranched alkanes of at least 4 members (excludes halogenated alkanes) is 1. The second kappa shape index (κ2) is 9.88. The summed E-state index contributed by atoms with van der Waals surface area (Å²) in [5, 5.41) is 11.2. The van der Waals surface area contributed by atoms with Crippen molar-refractivity contribution in [3.63, 3.8) is 0 Å². The number of rotatable bonds is 10. The van der Waals surface area contributed by atoms with Crippen LogP contribution in [-0.2, 0) is 9.59 Å². The smallest absolute Gasteiger partial charge is 0.303 e. The van der Waals surface area contributed by atoms with Gasteiger partial charge in [0, 0.05) is 25.4 Å². The molecule has 5 heteroatoms. The number of nitrogens with zero attached hydrogens (tertiary/aromatic N) is 1. The molecule has 0 rings (SSSR count). The van der Waals surface area contributed by atoms with E-state index in [1.807, 2.05) is 0 Å². The van der Waals surface area contributed by atoms with Crippen LogP contribution in [-0.4, -0.2) is 48.1 Å². The predicted molar refractivity (Wildman–Crippen MR) is 71.5 cm³/mol. The number of aliphatic carboxylic acids is 1. The molecule has 0 aliphatic rings. The first kappa shape index (κ1) is 16.9. The van der Waals surface area contributed by atoms with Crippen LogP contribution in [0, 0.1) is 0 Å². The van der Waals surface area contributed by atoms with Gasteiger partial charge in [-0.25, -0.2) is 0 Å². The Hall–Kier alpha value is -1.10. The summed E-state index contributed by atoms with van der Waals surface area (Å²) in [5.41, 5.74) is 0. The van der Waals surface area contributed by atoms with Gasteiger partial charge in [-0.3, -0.25) is 9.59 Å². The highest BCUT2D eigenvalue weighted by Crippen LogP contribution is 1.98. The Balaban J connectivity index is 3.38. The van der Waals surface area contributed by atoms with Crippen molar-refractivity contribution >= 4 is 11.9 Å². The van der Waals surface area contributed by atoms with Crippen LogP contribution in [0.15, 0.2) is 0 Å². The zero-order chi connectivity index (χ0) is 14.0. The summed E-state index contributed by atoms with van der Waals surface area (Å²) in [7, 11) is 2.09. The zero-order valence-electron chi connectivity index (χ0n) is 11.7. The highest BCUT2D eigenvalue weighted by molar-refractivity contribution is 5.76. The van der Waals surface area contributed by atoms with Gasteiger partial charge in [0.2, 0.25) is 5.91 Å². The molecule has 0 aromatic carbocycles. The number of hydrogen-bond acceptors (Lipinski definition) is 3. The molecule has 18 heavy (non-hydrogen) atoms. The van der Waals surface area contributed by atoms with Gasteiger partial charge >= 0.3 is 5.97 Å². The normalized spacial score (nSPS) is 10.9. The number of carbonyl (C=O) groups excluding carboxylic acids is 1. The average Bonchev–Trinajstić information content (AvgIpc) is 2.27. The molecular weight excluding hydrogens is 232 g/mol. The van der Waals surface area contributed by atoms with Gasteiger partial charge in [0.15, 0.2) is 0 Å². The zero-order valence-corrected chi connectivity index (χ0v) is 11.7. The number of carboxylic acids is 1. The highest BCUT2D eigenvalue weighted by Gasteiger charge is 2.04. The van der Waals surface area contributed by atoms with Crippen LogP contribution in [0.25, 0.3) is 0 Å². The fraction of sp³-hybridized carbons (Fsp3) is 0.846. The third-order valence-corrected chi connectivity index (χ3v) is 2.94. The maximum absolute atomic E-state index is 11.3. The standard InChI is InChI=1S/C13H26N2O3/c1-11(2)15(3)10-5-4-9-14-12(16)7-6-8-13(17)18/h11H,4-10H2,1-3H3,(H,14,16)(H,17,18). The van der Waals surface area contributed by atoms with E-state index in [0.717, 1.165) is 19.4 Å². The third kappa shape index (κ3) is 10.1. The van der Waals surface area contributed by atoms with Crippen molar-refractivity contribution in [1.29, 1.82) is 0 Å². The van der Waals surface area contributed by atoms with Crippen LogP contribution in [0.4, 0.5) is 0 Å². The Morgan fingerprint density at radius 3 is 2.39 bits per heavy atom. The molecule has 0 atom stereocenters. The fourth-order valence-corrected chi connectivity index (χ4v) is 1.46. The van der Waals surface area contributed by atoms with Crippen LogP contribution in [0.5, 0.6) is 0 Å². The van der Waals surface area contributed by atoms with E-state index in [4.69, 9.17) is 5.11 Å². The molecule has 0 saturated carbocycles. The molecule has 0 fully saturated rings. The second-order valence-electron chi connectivity index (χ2n) is 4.88. The molecule has 0 radical (unpaired) electrons. The molecule has 2 N–H and O–H groups in total. The summed E-state index contributed by atoms with van der Waals surface area (Å²) in [6, 6.07) is 0.551. The summed E-state index contributed by atoms with van der Waals surface area (Å²) in [6.07, 6.45) is 2.80. The maximum atomic E-state index is 11.3. The molecule has 0 spiro atoms. The van der Waals surface area contributed by atoms with Crippen molar-refractivity contribution in [3.05, 3.63) is 0 Å². The first-order valence-electron chi connectivity index (χ1n) is 6.62. The van der Waals surface area contributed by atoms with Gasteiger partial charge < -0.3 is 15.3 Å².